The highest BCUT2D eigenvalue weighted by Gasteiger charge is 2.41. The Morgan fingerprint density at radius 2 is 1.89 bits per heavy atom. The summed E-state index contributed by atoms with van der Waals surface area (Å²) in [7, 11) is 0. The van der Waals surface area contributed by atoms with Gasteiger partial charge in [-0.05, 0) is 55.7 Å². The monoisotopic (exact) mass is 376 g/mol. The number of ether oxygens (including phenoxy) is 2. The molecule has 0 bridgehead atoms. The molecule has 1 fully saturated rings. The predicted octanol–water partition coefficient (Wildman–Crippen LogP) is 3.50. The van der Waals surface area contributed by atoms with Gasteiger partial charge in [0.15, 0.2) is 0 Å². The molecule has 1 aromatic carbocycles. The second kappa shape index (κ2) is 8.74. The van der Waals surface area contributed by atoms with Gasteiger partial charge in [-0.1, -0.05) is 39.0 Å². The van der Waals surface area contributed by atoms with Crippen molar-refractivity contribution < 1.29 is 19.1 Å². The fourth-order valence-electron chi connectivity index (χ4n) is 4.16. The maximum absolute atomic E-state index is 12.2. The van der Waals surface area contributed by atoms with Crippen molar-refractivity contribution in [2.24, 2.45) is 16.6 Å². The normalized spacial score (nSPS) is 25.3. The Hall–Kier alpha value is -2.08. The molecule has 0 radical (unpaired) electrons. The second-order valence-corrected chi connectivity index (χ2v) is 8.79. The molecule has 3 N–H and O–H groups in total. The minimum Gasteiger partial charge on any atom is -0.458 e. The number of hydrogen-bond donors (Lipinski definition) is 2. The van der Waals surface area contributed by atoms with Gasteiger partial charge in [-0.3, -0.25) is 0 Å². The molecule has 0 spiro atoms. The summed E-state index contributed by atoms with van der Waals surface area (Å²) in [6.45, 7) is 8.87. The largest absolute Gasteiger partial charge is 0.458 e. The van der Waals surface area contributed by atoms with E-state index in [4.69, 9.17) is 15.2 Å². The molecule has 2 rings (SSSR count). The van der Waals surface area contributed by atoms with Gasteiger partial charge in [-0.2, -0.15) is 0 Å². The topological polar surface area (TPSA) is 90.6 Å². The molecule has 1 aromatic rings. The van der Waals surface area contributed by atoms with Gasteiger partial charge >= 0.3 is 12.1 Å². The molecule has 1 aliphatic rings. The standard InChI is InChI=1S/C21H32N2O4/c1-15(12-26-18(24)16-8-6-5-7-9-16)27-19(25)23-17-10-20(2,3)13-21(4,11-17)14-22/h5-9,15,17H,10-14,22H2,1-4H3,(H,23,25). The molecule has 0 aliphatic heterocycles. The van der Waals surface area contributed by atoms with Crippen LogP contribution in [0.15, 0.2) is 30.3 Å². The van der Waals surface area contributed by atoms with Crippen LogP contribution in [0.5, 0.6) is 0 Å². The van der Waals surface area contributed by atoms with Gasteiger partial charge in [0, 0.05) is 6.04 Å². The van der Waals surface area contributed by atoms with Crippen LogP contribution in [0.25, 0.3) is 0 Å². The lowest BCUT2D eigenvalue weighted by molar-refractivity contribution is 0.0185. The summed E-state index contributed by atoms with van der Waals surface area (Å²) in [4.78, 5) is 24.2. The molecule has 1 saturated carbocycles. The van der Waals surface area contributed by atoms with Gasteiger partial charge < -0.3 is 20.5 Å². The van der Waals surface area contributed by atoms with E-state index in [0.717, 1.165) is 19.3 Å². The number of carbonyl (C=O) groups is 2. The molecule has 1 amide bonds. The van der Waals surface area contributed by atoms with Crippen LogP contribution in [0.4, 0.5) is 4.79 Å². The number of benzene rings is 1. The van der Waals surface area contributed by atoms with Crippen molar-refractivity contribution in [2.75, 3.05) is 13.2 Å². The molecule has 0 saturated heterocycles. The number of nitrogens with two attached hydrogens (primary N) is 1. The minimum atomic E-state index is -0.532. The quantitative estimate of drug-likeness (QED) is 0.742. The summed E-state index contributed by atoms with van der Waals surface area (Å²) in [6, 6.07) is 8.75. The van der Waals surface area contributed by atoms with Gasteiger partial charge in [0.05, 0.1) is 5.56 Å². The Kier molecular flexibility index (Phi) is 6.87. The van der Waals surface area contributed by atoms with Crippen LogP contribution in [0.2, 0.25) is 0 Å². The Labute approximate surface area is 161 Å². The lowest BCUT2D eigenvalue weighted by Gasteiger charge is -2.46. The molecule has 27 heavy (non-hydrogen) atoms. The van der Waals surface area contributed by atoms with E-state index in [1.807, 2.05) is 6.07 Å². The fourth-order valence-corrected chi connectivity index (χ4v) is 4.16. The van der Waals surface area contributed by atoms with Crippen molar-refractivity contribution in [1.29, 1.82) is 0 Å². The molecule has 150 valence electrons. The summed E-state index contributed by atoms with van der Waals surface area (Å²) < 4.78 is 10.6. The van der Waals surface area contributed by atoms with Crippen LogP contribution in [-0.2, 0) is 9.47 Å². The molecular weight excluding hydrogens is 344 g/mol. The van der Waals surface area contributed by atoms with E-state index in [-0.39, 0.29) is 23.5 Å². The summed E-state index contributed by atoms with van der Waals surface area (Å²) in [5.74, 6) is -0.431. The van der Waals surface area contributed by atoms with Crippen LogP contribution < -0.4 is 11.1 Å². The van der Waals surface area contributed by atoms with E-state index in [1.54, 1.807) is 31.2 Å². The average molecular weight is 376 g/mol. The Bertz CT molecular complexity index is 647. The highest BCUT2D eigenvalue weighted by Crippen LogP contribution is 2.45. The minimum absolute atomic E-state index is 0.0104. The molecule has 3 atom stereocenters. The van der Waals surface area contributed by atoms with Crippen molar-refractivity contribution in [3.63, 3.8) is 0 Å². The summed E-state index contributed by atoms with van der Waals surface area (Å²) in [6.07, 6.45) is 1.74. The van der Waals surface area contributed by atoms with E-state index in [0.29, 0.717) is 12.1 Å². The van der Waals surface area contributed by atoms with Crippen molar-refractivity contribution in [3.05, 3.63) is 35.9 Å². The molecule has 1 aliphatic carbocycles. The summed E-state index contributed by atoms with van der Waals surface area (Å²) >= 11 is 0. The number of rotatable bonds is 6. The van der Waals surface area contributed by atoms with E-state index in [2.05, 4.69) is 26.1 Å². The number of nitrogens with one attached hydrogen (secondary N) is 1. The zero-order chi connectivity index (χ0) is 20.1. The summed E-state index contributed by atoms with van der Waals surface area (Å²) in [5, 5.41) is 2.96. The smallest absolute Gasteiger partial charge is 0.407 e. The second-order valence-electron chi connectivity index (χ2n) is 8.79. The first-order chi connectivity index (χ1) is 12.6. The van der Waals surface area contributed by atoms with Crippen LogP contribution in [0, 0.1) is 10.8 Å². The zero-order valence-electron chi connectivity index (χ0n) is 16.8. The highest BCUT2D eigenvalue weighted by molar-refractivity contribution is 5.89. The van der Waals surface area contributed by atoms with E-state index in [1.165, 1.54) is 0 Å². The third-order valence-corrected chi connectivity index (χ3v) is 5.03. The van der Waals surface area contributed by atoms with Gasteiger partial charge in [0.2, 0.25) is 0 Å². The van der Waals surface area contributed by atoms with Crippen molar-refractivity contribution >= 4 is 12.1 Å². The Morgan fingerprint density at radius 1 is 1.22 bits per heavy atom. The number of alkyl carbamates (subject to hydrolysis) is 1. The molecule has 6 heteroatoms. The van der Waals surface area contributed by atoms with Crippen LogP contribution >= 0.6 is 0 Å². The maximum atomic E-state index is 12.2. The maximum Gasteiger partial charge on any atom is 0.407 e. The number of amides is 1. The van der Waals surface area contributed by atoms with Crippen molar-refractivity contribution in [1.82, 2.24) is 5.32 Å². The van der Waals surface area contributed by atoms with E-state index in [9.17, 15) is 9.59 Å². The van der Waals surface area contributed by atoms with Gasteiger partial charge in [-0.25, -0.2) is 9.59 Å². The SMILES string of the molecule is CC(COC(=O)c1ccccc1)OC(=O)NC1CC(C)(C)CC(C)(CN)C1. The fraction of sp³-hybridized carbons (Fsp3) is 0.619. The lowest BCUT2D eigenvalue weighted by Crippen LogP contribution is -2.49. The zero-order valence-corrected chi connectivity index (χ0v) is 16.8. The Balaban J connectivity index is 1.80. The van der Waals surface area contributed by atoms with E-state index >= 15 is 0 Å². The van der Waals surface area contributed by atoms with Gasteiger partial charge in [-0.15, -0.1) is 0 Å². The Morgan fingerprint density at radius 3 is 2.52 bits per heavy atom. The van der Waals surface area contributed by atoms with Crippen LogP contribution in [0.1, 0.15) is 57.3 Å². The van der Waals surface area contributed by atoms with Crippen LogP contribution in [-0.4, -0.2) is 37.4 Å². The van der Waals surface area contributed by atoms with Crippen molar-refractivity contribution in [3.8, 4) is 0 Å². The lowest BCUT2D eigenvalue weighted by atomic mass is 9.63. The number of hydrogen-bond acceptors (Lipinski definition) is 5. The molecule has 6 nitrogen and oxygen atoms in total. The third kappa shape index (κ3) is 6.54. The molecule has 3 unspecified atom stereocenters. The predicted molar refractivity (Wildman–Crippen MR) is 104 cm³/mol. The molecular formula is C21H32N2O4. The van der Waals surface area contributed by atoms with Crippen molar-refractivity contribution in [2.45, 2.75) is 59.1 Å². The first kappa shape index (κ1) is 21.2. The number of esters is 1. The average Bonchev–Trinajstić information content (AvgIpc) is 2.58. The van der Waals surface area contributed by atoms with Gasteiger partial charge in [0.25, 0.3) is 0 Å². The molecule has 0 aromatic heterocycles. The number of carbonyl (C=O) groups excluding carboxylic acids is 2. The summed E-state index contributed by atoms with van der Waals surface area (Å²) in [5.41, 5.74) is 6.55. The third-order valence-electron chi connectivity index (χ3n) is 5.03. The highest BCUT2D eigenvalue weighted by atomic mass is 16.6. The van der Waals surface area contributed by atoms with Crippen LogP contribution in [0.3, 0.4) is 0 Å². The molecule has 0 heterocycles. The first-order valence-electron chi connectivity index (χ1n) is 9.52. The van der Waals surface area contributed by atoms with E-state index < -0.39 is 18.2 Å². The first-order valence-corrected chi connectivity index (χ1v) is 9.52. The van der Waals surface area contributed by atoms with Gasteiger partial charge in [0.1, 0.15) is 12.7 Å².